The van der Waals surface area contributed by atoms with E-state index in [2.05, 4.69) is 77.5 Å². The normalized spacial score (nSPS) is 12.2. The van der Waals surface area contributed by atoms with Crippen LogP contribution in [0.3, 0.4) is 0 Å². The van der Waals surface area contributed by atoms with E-state index in [4.69, 9.17) is 14.2 Å². The molecule has 4 aromatic carbocycles. The molecule has 2 heterocycles. The van der Waals surface area contributed by atoms with E-state index in [0.717, 1.165) is 51.1 Å². The largest absolute Gasteiger partial charge is 0.495 e. The van der Waals surface area contributed by atoms with Crippen LogP contribution in [0.5, 0.6) is 17.2 Å². The molecule has 0 saturated heterocycles. The van der Waals surface area contributed by atoms with E-state index in [1.807, 2.05) is 25.2 Å². The fraction of sp³-hybridized carbons (Fsp3) is 0.156. The topological polar surface area (TPSA) is 51.8 Å². The molecule has 0 unspecified atom stereocenters. The molecule has 1 aromatic heterocycles. The molecular weight excluding hydrogens is 462 g/mol. The fourth-order valence-corrected chi connectivity index (χ4v) is 5.10. The summed E-state index contributed by atoms with van der Waals surface area (Å²) in [7, 11) is 3.67. The molecule has 6 rings (SSSR count). The number of aromatic nitrogens is 1. The molecule has 5 aromatic rings. The number of pyridine rings is 1. The Kier molecular flexibility index (Phi) is 5.99. The van der Waals surface area contributed by atoms with Crippen LogP contribution in [0.25, 0.3) is 33.2 Å². The zero-order valence-electron chi connectivity index (χ0n) is 20.9. The van der Waals surface area contributed by atoms with Crippen LogP contribution in [0, 0.1) is 0 Å². The van der Waals surface area contributed by atoms with E-state index in [1.54, 1.807) is 7.11 Å². The third kappa shape index (κ3) is 4.28. The van der Waals surface area contributed by atoms with Crippen molar-refractivity contribution in [1.82, 2.24) is 0 Å². The number of aliphatic hydroxyl groups excluding tert-OH is 1. The van der Waals surface area contributed by atoms with Gasteiger partial charge in [0.05, 0.1) is 24.7 Å². The average Bonchev–Trinajstić information content (AvgIpc) is 3.40. The Hall–Kier alpha value is -4.35. The maximum atomic E-state index is 9.75. The Morgan fingerprint density at radius 3 is 2.30 bits per heavy atom. The zero-order valence-corrected chi connectivity index (χ0v) is 20.9. The van der Waals surface area contributed by atoms with Crippen molar-refractivity contribution in [3.8, 4) is 39.6 Å². The fourth-order valence-electron chi connectivity index (χ4n) is 5.10. The minimum atomic E-state index is -0.0695. The Morgan fingerprint density at radius 1 is 0.838 bits per heavy atom. The van der Waals surface area contributed by atoms with E-state index >= 15 is 0 Å². The van der Waals surface area contributed by atoms with Crippen LogP contribution in [-0.4, -0.2) is 19.0 Å². The summed E-state index contributed by atoms with van der Waals surface area (Å²) in [5.41, 5.74) is 7.70. The maximum absolute atomic E-state index is 9.75. The SMILES string of the molecule is COc1c(CO)ccc2cc(-c3cc4c(cc3Cc3ccc(-c5ccccc5)cc3)OCO4)[n+](C)cc12. The molecular formula is C32H28NO4+. The number of hydrogen-bond donors (Lipinski definition) is 1. The molecule has 0 aliphatic carbocycles. The average molecular weight is 491 g/mol. The summed E-state index contributed by atoms with van der Waals surface area (Å²) in [6.45, 7) is 0.162. The van der Waals surface area contributed by atoms with Crippen LogP contribution < -0.4 is 18.8 Å². The van der Waals surface area contributed by atoms with Gasteiger partial charge in [0.15, 0.2) is 17.7 Å². The van der Waals surface area contributed by atoms with Gasteiger partial charge >= 0.3 is 0 Å². The second-order valence-electron chi connectivity index (χ2n) is 9.29. The summed E-state index contributed by atoms with van der Waals surface area (Å²) < 4.78 is 19.2. The molecule has 1 aliphatic rings. The number of aryl methyl sites for hydroxylation is 1. The number of ether oxygens (including phenoxy) is 3. The molecule has 0 fully saturated rings. The molecule has 0 saturated carbocycles. The highest BCUT2D eigenvalue weighted by atomic mass is 16.7. The van der Waals surface area contributed by atoms with Crippen molar-refractivity contribution in [2.75, 3.05) is 13.9 Å². The number of aliphatic hydroxyl groups is 1. The first-order chi connectivity index (χ1) is 18.1. The number of methoxy groups -OCH3 is 1. The van der Waals surface area contributed by atoms with Crippen molar-refractivity contribution in [3.63, 3.8) is 0 Å². The van der Waals surface area contributed by atoms with Crippen LogP contribution >= 0.6 is 0 Å². The number of rotatable bonds is 6. The van der Waals surface area contributed by atoms with Gasteiger partial charge in [-0.1, -0.05) is 66.7 Å². The number of hydrogen-bond acceptors (Lipinski definition) is 4. The van der Waals surface area contributed by atoms with E-state index in [1.165, 1.54) is 16.7 Å². The Labute approximate surface area is 216 Å². The summed E-state index contributed by atoms with van der Waals surface area (Å²) in [4.78, 5) is 0. The molecule has 1 aliphatic heterocycles. The quantitative estimate of drug-likeness (QED) is 0.305. The van der Waals surface area contributed by atoms with E-state index < -0.39 is 0 Å². The van der Waals surface area contributed by atoms with Gasteiger partial charge in [0.2, 0.25) is 12.5 Å². The van der Waals surface area contributed by atoms with Gasteiger partial charge in [0.25, 0.3) is 0 Å². The van der Waals surface area contributed by atoms with Gasteiger partial charge in [0.1, 0.15) is 12.8 Å². The van der Waals surface area contributed by atoms with Crippen molar-refractivity contribution in [1.29, 1.82) is 0 Å². The van der Waals surface area contributed by atoms with Crippen LogP contribution in [0.2, 0.25) is 0 Å². The Morgan fingerprint density at radius 2 is 1.57 bits per heavy atom. The third-order valence-corrected chi connectivity index (χ3v) is 7.01. The van der Waals surface area contributed by atoms with Gasteiger partial charge < -0.3 is 19.3 Å². The van der Waals surface area contributed by atoms with Crippen molar-refractivity contribution in [3.05, 3.63) is 108 Å². The van der Waals surface area contributed by atoms with Crippen molar-refractivity contribution < 1.29 is 23.9 Å². The van der Waals surface area contributed by atoms with Crippen molar-refractivity contribution in [2.45, 2.75) is 13.0 Å². The van der Waals surface area contributed by atoms with E-state index in [9.17, 15) is 5.11 Å². The molecule has 0 atom stereocenters. The Bertz CT molecular complexity index is 1590. The minimum Gasteiger partial charge on any atom is -0.495 e. The second kappa shape index (κ2) is 9.60. The van der Waals surface area contributed by atoms with Crippen LogP contribution in [0.1, 0.15) is 16.7 Å². The van der Waals surface area contributed by atoms with Gasteiger partial charge in [-0.25, -0.2) is 4.57 Å². The molecule has 0 bridgehead atoms. The highest BCUT2D eigenvalue weighted by Crippen LogP contribution is 2.40. The highest BCUT2D eigenvalue weighted by molar-refractivity contribution is 5.90. The lowest BCUT2D eigenvalue weighted by atomic mass is 9.94. The van der Waals surface area contributed by atoms with E-state index in [0.29, 0.717) is 5.75 Å². The molecule has 184 valence electrons. The van der Waals surface area contributed by atoms with Crippen molar-refractivity contribution in [2.24, 2.45) is 7.05 Å². The van der Waals surface area contributed by atoms with Crippen LogP contribution in [0.4, 0.5) is 0 Å². The van der Waals surface area contributed by atoms with Gasteiger partial charge in [0, 0.05) is 11.6 Å². The van der Waals surface area contributed by atoms with Crippen LogP contribution in [-0.2, 0) is 20.1 Å². The molecule has 5 nitrogen and oxygen atoms in total. The van der Waals surface area contributed by atoms with Gasteiger partial charge in [-0.15, -0.1) is 0 Å². The lowest BCUT2D eigenvalue weighted by Gasteiger charge is -2.13. The number of benzene rings is 4. The Balaban J connectivity index is 1.43. The summed E-state index contributed by atoms with van der Waals surface area (Å²) in [6.07, 6.45) is 2.82. The first kappa shape index (κ1) is 23.1. The lowest BCUT2D eigenvalue weighted by Crippen LogP contribution is -2.31. The van der Waals surface area contributed by atoms with Crippen LogP contribution in [0.15, 0.2) is 91.1 Å². The van der Waals surface area contributed by atoms with Crippen molar-refractivity contribution >= 4 is 10.8 Å². The first-order valence-electron chi connectivity index (χ1n) is 12.3. The van der Waals surface area contributed by atoms with E-state index in [-0.39, 0.29) is 13.4 Å². The molecule has 37 heavy (non-hydrogen) atoms. The van der Waals surface area contributed by atoms with Gasteiger partial charge in [-0.2, -0.15) is 0 Å². The molecule has 0 spiro atoms. The maximum Gasteiger partial charge on any atom is 0.231 e. The predicted octanol–water partition coefficient (Wildman–Crippen LogP) is 5.82. The second-order valence-corrected chi connectivity index (χ2v) is 9.29. The number of fused-ring (bicyclic) bond motifs is 2. The minimum absolute atomic E-state index is 0.0695. The monoisotopic (exact) mass is 490 g/mol. The summed E-state index contributed by atoms with van der Waals surface area (Å²) in [5, 5.41) is 11.7. The predicted molar refractivity (Wildman–Crippen MR) is 144 cm³/mol. The third-order valence-electron chi connectivity index (χ3n) is 7.01. The van der Waals surface area contributed by atoms with Gasteiger partial charge in [-0.3, -0.25) is 0 Å². The molecule has 0 radical (unpaired) electrons. The summed E-state index contributed by atoms with van der Waals surface area (Å²) in [5.74, 6) is 2.23. The summed E-state index contributed by atoms with van der Waals surface area (Å²) in [6, 6.07) is 29.4. The highest BCUT2D eigenvalue weighted by Gasteiger charge is 2.24. The number of nitrogens with zero attached hydrogens (tertiary/aromatic N) is 1. The summed E-state index contributed by atoms with van der Waals surface area (Å²) >= 11 is 0. The van der Waals surface area contributed by atoms with Gasteiger partial charge in [-0.05, 0) is 46.2 Å². The first-order valence-corrected chi connectivity index (χ1v) is 12.3. The smallest absolute Gasteiger partial charge is 0.231 e. The molecule has 0 amide bonds. The zero-order chi connectivity index (χ0) is 25.4. The molecule has 1 N–H and O–H groups in total. The molecule has 5 heteroatoms. The lowest BCUT2D eigenvalue weighted by molar-refractivity contribution is -0.659. The standard InChI is InChI=1S/C32H28NO4/c1-33-18-28-24(12-13-25(19-34)32(28)35-2)15-29(33)27-17-31-30(36-20-37-31)16-26(27)14-21-8-10-23(11-9-21)22-6-4-3-5-7-22/h3-13,15-18,34H,14,19-20H2,1-2H3/q+1.